The fourth-order valence-electron chi connectivity index (χ4n) is 3.29. The zero-order valence-corrected chi connectivity index (χ0v) is 14.0. The smallest absolute Gasteiger partial charge is 0.151 e. The van der Waals surface area contributed by atoms with Crippen LogP contribution in [0.3, 0.4) is 0 Å². The van der Waals surface area contributed by atoms with Gasteiger partial charge < -0.3 is 0 Å². The number of hydrogen-bond donors (Lipinski definition) is 0. The van der Waals surface area contributed by atoms with Crippen molar-refractivity contribution in [3.8, 4) is 0 Å². The van der Waals surface area contributed by atoms with E-state index in [0.29, 0.717) is 11.5 Å². The summed E-state index contributed by atoms with van der Waals surface area (Å²) in [5.41, 5.74) is 1.00. The van der Waals surface area contributed by atoms with Gasteiger partial charge in [0.15, 0.2) is 9.84 Å². The average molecular weight is 338 g/mol. The molecule has 0 spiro atoms. The topological polar surface area (TPSA) is 40.6 Å². The summed E-state index contributed by atoms with van der Waals surface area (Å²) < 4.78 is 36.0. The second-order valence-corrected chi connectivity index (χ2v) is 8.58. The predicted octanol–water partition coefficient (Wildman–Crippen LogP) is 1.64. The van der Waals surface area contributed by atoms with E-state index in [1.54, 1.807) is 12.1 Å². The molecule has 0 aliphatic carbocycles. The molecule has 3 rings (SSSR count). The molecule has 2 aliphatic rings. The van der Waals surface area contributed by atoms with Gasteiger partial charge in [-0.25, -0.2) is 12.8 Å². The van der Waals surface area contributed by atoms with E-state index in [-0.39, 0.29) is 11.9 Å². The lowest BCUT2D eigenvalue weighted by Crippen LogP contribution is -2.50. The van der Waals surface area contributed by atoms with Crippen LogP contribution in [0, 0.1) is 5.82 Å². The highest BCUT2D eigenvalue weighted by molar-refractivity contribution is 7.91. The number of hydrogen-bond acceptors (Lipinski definition) is 4. The van der Waals surface area contributed by atoms with E-state index in [0.717, 1.165) is 44.7 Å². The molecule has 2 fully saturated rings. The number of benzene rings is 1. The monoisotopic (exact) mass is 338 g/mol. The van der Waals surface area contributed by atoms with Crippen molar-refractivity contribution in [1.29, 1.82) is 0 Å². The third-order valence-electron chi connectivity index (χ3n) is 4.68. The first-order valence-corrected chi connectivity index (χ1v) is 9.93. The van der Waals surface area contributed by atoms with Gasteiger partial charge in [-0.15, -0.1) is 0 Å². The SMILES string of the molecule is O=S1(=O)CCC(N2CCN(CC=Cc3ccc(F)cc3)CC2)C1. The predicted molar refractivity (Wildman–Crippen MR) is 90.5 cm³/mol. The molecular formula is C17H23FN2O2S. The molecule has 2 aliphatic heterocycles. The Hall–Kier alpha value is -1.24. The second-order valence-electron chi connectivity index (χ2n) is 6.35. The van der Waals surface area contributed by atoms with E-state index >= 15 is 0 Å². The highest BCUT2D eigenvalue weighted by atomic mass is 32.2. The first-order chi connectivity index (χ1) is 11.0. The van der Waals surface area contributed by atoms with E-state index in [1.165, 1.54) is 12.1 Å². The number of piperazine rings is 1. The molecule has 0 aromatic heterocycles. The summed E-state index contributed by atoms with van der Waals surface area (Å²) in [7, 11) is -2.80. The molecular weight excluding hydrogens is 315 g/mol. The lowest BCUT2D eigenvalue weighted by atomic mass is 10.2. The van der Waals surface area contributed by atoms with Gasteiger partial charge in [-0.2, -0.15) is 0 Å². The normalized spacial score (nSPS) is 26.0. The molecule has 1 atom stereocenters. The Bertz CT molecular complexity index is 650. The molecule has 0 N–H and O–H groups in total. The molecule has 1 aromatic carbocycles. The average Bonchev–Trinajstić information content (AvgIpc) is 2.90. The lowest BCUT2D eigenvalue weighted by Gasteiger charge is -2.37. The molecule has 4 nitrogen and oxygen atoms in total. The molecule has 126 valence electrons. The van der Waals surface area contributed by atoms with Crippen molar-refractivity contribution in [3.05, 3.63) is 41.7 Å². The summed E-state index contributed by atoms with van der Waals surface area (Å²) in [6.07, 6.45) is 4.89. The Morgan fingerprint density at radius 1 is 1.13 bits per heavy atom. The molecule has 1 aromatic rings. The highest BCUT2D eigenvalue weighted by Gasteiger charge is 2.33. The molecule has 6 heteroatoms. The van der Waals surface area contributed by atoms with E-state index in [2.05, 4.69) is 15.9 Å². The third-order valence-corrected chi connectivity index (χ3v) is 6.43. The summed E-state index contributed by atoms with van der Waals surface area (Å²) in [5, 5.41) is 0. The van der Waals surface area contributed by atoms with Gasteiger partial charge in [0.05, 0.1) is 11.5 Å². The third kappa shape index (κ3) is 4.62. The molecule has 2 heterocycles. The van der Waals surface area contributed by atoms with Gasteiger partial charge in [0.2, 0.25) is 0 Å². The first-order valence-electron chi connectivity index (χ1n) is 8.11. The van der Waals surface area contributed by atoms with Crippen LogP contribution in [0.25, 0.3) is 6.08 Å². The number of sulfone groups is 1. The zero-order chi connectivity index (χ0) is 16.3. The minimum Gasteiger partial charge on any atom is -0.297 e. The van der Waals surface area contributed by atoms with E-state index in [4.69, 9.17) is 0 Å². The minimum absolute atomic E-state index is 0.216. The quantitative estimate of drug-likeness (QED) is 0.837. The van der Waals surface area contributed by atoms with Crippen molar-refractivity contribution in [1.82, 2.24) is 9.80 Å². The van der Waals surface area contributed by atoms with Crippen molar-refractivity contribution in [2.75, 3.05) is 44.2 Å². The van der Waals surface area contributed by atoms with Crippen LogP contribution in [0.1, 0.15) is 12.0 Å². The minimum atomic E-state index is -2.80. The zero-order valence-electron chi connectivity index (χ0n) is 13.2. The van der Waals surface area contributed by atoms with Gasteiger partial charge in [0, 0.05) is 38.8 Å². The van der Waals surface area contributed by atoms with E-state index in [1.807, 2.05) is 6.08 Å². The largest absolute Gasteiger partial charge is 0.297 e. The van der Waals surface area contributed by atoms with Gasteiger partial charge in [-0.1, -0.05) is 24.3 Å². The summed E-state index contributed by atoms with van der Waals surface area (Å²) in [4.78, 5) is 4.69. The van der Waals surface area contributed by atoms with Crippen LogP contribution in [0.5, 0.6) is 0 Å². The fourth-order valence-corrected chi connectivity index (χ4v) is 5.05. The number of halogens is 1. The Labute approximate surface area is 137 Å². The summed E-state index contributed by atoms with van der Waals surface area (Å²) >= 11 is 0. The summed E-state index contributed by atoms with van der Waals surface area (Å²) in [5.74, 6) is 0.461. The van der Waals surface area contributed by atoms with Crippen LogP contribution in [0.15, 0.2) is 30.3 Å². The van der Waals surface area contributed by atoms with Crippen molar-refractivity contribution in [2.45, 2.75) is 12.5 Å². The lowest BCUT2D eigenvalue weighted by molar-refractivity contribution is 0.112. The maximum absolute atomic E-state index is 12.8. The summed E-state index contributed by atoms with van der Waals surface area (Å²) in [6, 6.07) is 6.69. The maximum Gasteiger partial charge on any atom is 0.151 e. The van der Waals surface area contributed by atoms with Gasteiger partial charge in [0.25, 0.3) is 0 Å². The van der Waals surface area contributed by atoms with Gasteiger partial charge >= 0.3 is 0 Å². The molecule has 0 amide bonds. The van der Waals surface area contributed by atoms with E-state index < -0.39 is 9.84 Å². The van der Waals surface area contributed by atoms with Crippen LogP contribution < -0.4 is 0 Å². The molecule has 0 saturated carbocycles. The van der Waals surface area contributed by atoms with Crippen LogP contribution >= 0.6 is 0 Å². The number of nitrogens with zero attached hydrogens (tertiary/aromatic N) is 2. The van der Waals surface area contributed by atoms with Crippen LogP contribution in [-0.4, -0.2) is 68.5 Å². The summed E-state index contributed by atoms with van der Waals surface area (Å²) in [6.45, 7) is 4.66. The molecule has 1 unspecified atom stereocenters. The van der Waals surface area contributed by atoms with Gasteiger partial charge in [-0.05, 0) is 24.1 Å². The van der Waals surface area contributed by atoms with Crippen molar-refractivity contribution < 1.29 is 12.8 Å². The molecule has 0 bridgehead atoms. The van der Waals surface area contributed by atoms with Gasteiger partial charge in [-0.3, -0.25) is 9.80 Å². The molecule has 23 heavy (non-hydrogen) atoms. The standard InChI is InChI=1S/C17H23FN2O2S/c18-16-5-3-15(4-6-16)2-1-8-19-9-11-20(12-10-19)17-7-13-23(21,22)14-17/h1-6,17H,7-14H2. The van der Waals surface area contributed by atoms with Crippen LogP contribution in [-0.2, 0) is 9.84 Å². The van der Waals surface area contributed by atoms with Crippen molar-refractivity contribution >= 4 is 15.9 Å². The maximum atomic E-state index is 12.8. The number of rotatable bonds is 4. The Balaban J connectivity index is 1.43. The van der Waals surface area contributed by atoms with Gasteiger partial charge in [0.1, 0.15) is 5.82 Å². The van der Waals surface area contributed by atoms with Crippen molar-refractivity contribution in [3.63, 3.8) is 0 Å². The van der Waals surface area contributed by atoms with E-state index in [9.17, 15) is 12.8 Å². The van der Waals surface area contributed by atoms with Crippen LogP contribution in [0.2, 0.25) is 0 Å². The second kappa shape index (κ2) is 7.11. The Morgan fingerprint density at radius 3 is 2.43 bits per heavy atom. The van der Waals surface area contributed by atoms with Crippen molar-refractivity contribution in [2.24, 2.45) is 0 Å². The molecule has 0 radical (unpaired) electrons. The highest BCUT2D eigenvalue weighted by Crippen LogP contribution is 2.19. The Morgan fingerprint density at radius 2 is 1.83 bits per heavy atom. The Kier molecular flexibility index (Phi) is 5.14. The molecule has 2 saturated heterocycles. The first kappa shape index (κ1) is 16.6. The fraction of sp³-hybridized carbons (Fsp3) is 0.529. The van der Waals surface area contributed by atoms with Crippen LogP contribution in [0.4, 0.5) is 4.39 Å².